The van der Waals surface area contributed by atoms with Gasteiger partial charge in [-0.25, -0.2) is 4.79 Å². The molecule has 1 saturated heterocycles. The lowest BCUT2D eigenvalue weighted by molar-refractivity contribution is -0.166. The number of hydrogen-bond donors (Lipinski definition) is 1. The van der Waals surface area contributed by atoms with Crippen LogP contribution in [0.1, 0.15) is 19.8 Å². The molecule has 0 atom stereocenters. The third kappa shape index (κ3) is 2.56. The van der Waals surface area contributed by atoms with Crippen molar-refractivity contribution in [2.75, 3.05) is 20.0 Å². The molecule has 1 aliphatic heterocycles. The zero-order valence-electron chi connectivity index (χ0n) is 8.41. The second kappa shape index (κ2) is 4.57. The number of carboxylic acid groups (broad SMARTS) is 1. The summed E-state index contributed by atoms with van der Waals surface area (Å²) in [6.45, 7) is 6.95. The van der Waals surface area contributed by atoms with Gasteiger partial charge < -0.3 is 14.6 Å². The summed E-state index contributed by atoms with van der Waals surface area (Å²) in [5.41, 5.74) is 0.0224. The van der Waals surface area contributed by atoms with Gasteiger partial charge >= 0.3 is 5.97 Å². The molecule has 14 heavy (non-hydrogen) atoms. The highest BCUT2D eigenvalue weighted by Crippen LogP contribution is 2.32. The van der Waals surface area contributed by atoms with Gasteiger partial charge in [0.15, 0.2) is 0 Å². The standard InChI is InChI=1S/C10H16O4/c1-3-10(4-8(2)9(11)12)5-13-7-14-6-10/h2-7H2,1H3,(H,11,12). The Balaban J connectivity index is 2.60. The predicted molar refractivity (Wildman–Crippen MR) is 50.9 cm³/mol. The summed E-state index contributed by atoms with van der Waals surface area (Å²) in [4.78, 5) is 10.6. The van der Waals surface area contributed by atoms with Crippen molar-refractivity contribution in [3.05, 3.63) is 12.2 Å². The van der Waals surface area contributed by atoms with Crippen LogP contribution in [0, 0.1) is 5.41 Å². The largest absolute Gasteiger partial charge is 0.478 e. The molecule has 0 aromatic carbocycles. The van der Waals surface area contributed by atoms with Gasteiger partial charge in [-0.1, -0.05) is 13.5 Å². The lowest BCUT2D eigenvalue weighted by Crippen LogP contribution is -2.37. The maximum atomic E-state index is 10.6. The van der Waals surface area contributed by atoms with Gasteiger partial charge in [0.05, 0.1) is 13.2 Å². The first-order valence-electron chi connectivity index (χ1n) is 4.66. The molecule has 0 amide bonds. The van der Waals surface area contributed by atoms with Gasteiger partial charge in [0.25, 0.3) is 0 Å². The summed E-state index contributed by atoms with van der Waals surface area (Å²) < 4.78 is 10.4. The Labute approximate surface area is 83.5 Å². The first-order valence-corrected chi connectivity index (χ1v) is 4.66. The van der Waals surface area contributed by atoms with Crippen LogP contribution in [0.15, 0.2) is 12.2 Å². The van der Waals surface area contributed by atoms with E-state index in [0.29, 0.717) is 26.4 Å². The molecule has 0 aromatic heterocycles. The number of carboxylic acids is 1. The van der Waals surface area contributed by atoms with E-state index >= 15 is 0 Å². The molecular formula is C10H16O4. The number of aliphatic carboxylic acids is 1. The minimum Gasteiger partial charge on any atom is -0.478 e. The molecule has 1 aliphatic rings. The Morgan fingerprint density at radius 2 is 2.07 bits per heavy atom. The highest BCUT2D eigenvalue weighted by Gasteiger charge is 2.33. The lowest BCUT2D eigenvalue weighted by atomic mass is 9.80. The van der Waals surface area contributed by atoms with Gasteiger partial charge in [-0.05, 0) is 12.8 Å². The van der Waals surface area contributed by atoms with Crippen molar-refractivity contribution < 1.29 is 19.4 Å². The summed E-state index contributed by atoms with van der Waals surface area (Å²) in [6, 6.07) is 0. The van der Waals surface area contributed by atoms with Crippen molar-refractivity contribution in [2.24, 2.45) is 5.41 Å². The van der Waals surface area contributed by atoms with Crippen molar-refractivity contribution in [3.8, 4) is 0 Å². The Kier molecular flexibility index (Phi) is 3.66. The summed E-state index contributed by atoms with van der Waals surface area (Å²) in [5.74, 6) is -0.941. The first kappa shape index (κ1) is 11.2. The van der Waals surface area contributed by atoms with E-state index in [4.69, 9.17) is 14.6 Å². The fourth-order valence-corrected chi connectivity index (χ4v) is 1.58. The smallest absolute Gasteiger partial charge is 0.330 e. The van der Waals surface area contributed by atoms with Crippen molar-refractivity contribution in [1.29, 1.82) is 0 Å². The van der Waals surface area contributed by atoms with Crippen LogP contribution < -0.4 is 0 Å². The minimum atomic E-state index is -0.941. The SMILES string of the molecule is C=C(CC1(CC)COCOC1)C(=O)O. The summed E-state index contributed by atoms with van der Waals surface area (Å²) in [5, 5.41) is 8.74. The second-order valence-electron chi connectivity index (χ2n) is 3.75. The van der Waals surface area contributed by atoms with Gasteiger partial charge in [-0.2, -0.15) is 0 Å². The van der Waals surface area contributed by atoms with Crippen molar-refractivity contribution in [3.63, 3.8) is 0 Å². The fraction of sp³-hybridized carbons (Fsp3) is 0.700. The molecule has 0 radical (unpaired) electrons. The van der Waals surface area contributed by atoms with Crippen LogP contribution in [-0.4, -0.2) is 31.1 Å². The van der Waals surface area contributed by atoms with Crippen LogP contribution in [0.2, 0.25) is 0 Å². The molecule has 0 aliphatic carbocycles. The molecule has 0 aromatic rings. The zero-order valence-corrected chi connectivity index (χ0v) is 8.41. The normalized spacial score (nSPS) is 20.4. The van der Waals surface area contributed by atoms with Crippen LogP contribution >= 0.6 is 0 Å². The van der Waals surface area contributed by atoms with Crippen LogP contribution in [0.3, 0.4) is 0 Å². The minimum absolute atomic E-state index is 0.201. The van der Waals surface area contributed by atoms with Crippen LogP contribution in [0.5, 0.6) is 0 Å². The van der Waals surface area contributed by atoms with Gasteiger partial charge in [0.1, 0.15) is 6.79 Å². The van der Waals surface area contributed by atoms with Gasteiger partial charge in [-0.15, -0.1) is 0 Å². The molecule has 80 valence electrons. The molecule has 1 N–H and O–H groups in total. The Morgan fingerprint density at radius 1 is 1.50 bits per heavy atom. The Morgan fingerprint density at radius 3 is 2.50 bits per heavy atom. The number of hydrogen-bond acceptors (Lipinski definition) is 3. The third-order valence-electron chi connectivity index (χ3n) is 2.62. The molecule has 4 nitrogen and oxygen atoms in total. The monoisotopic (exact) mass is 200 g/mol. The van der Waals surface area contributed by atoms with E-state index in [0.717, 1.165) is 6.42 Å². The van der Waals surface area contributed by atoms with Gasteiger partial charge in [0.2, 0.25) is 0 Å². The van der Waals surface area contributed by atoms with Crippen molar-refractivity contribution in [2.45, 2.75) is 19.8 Å². The highest BCUT2D eigenvalue weighted by molar-refractivity contribution is 5.85. The maximum absolute atomic E-state index is 10.6. The fourth-order valence-electron chi connectivity index (χ4n) is 1.58. The topological polar surface area (TPSA) is 55.8 Å². The number of carbonyl (C=O) groups is 1. The molecule has 0 unspecified atom stereocenters. The molecule has 4 heteroatoms. The molecule has 1 fully saturated rings. The van der Waals surface area contributed by atoms with Crippen LogP contribution in [0.4, 0.5) is 0 Å². The predicted octanol–water partition coefficient (Wildman–Crippen LogP) is 1.42. The molecule has 0 saturated carbocycles. The van der Waals surface area contributed by atoms with E-state index in [-0.39, 0.29) is 11.0 Å². The van der Waals surface area contributed by atoms with E-state index in [1.165, 1.54) is 0 Å². The number of rotatable bonds is 4. The Bertz CT molecular complexity index is 228. The van der Waals surface area contributed by atoms with E-state index in [1.807, 2.05) is 6.92 Å². The lowest BCUT2D eigenvalue weighted by Gasteiger charge is -2.35. The zero-order chi connectivity index (χ0) is 10.6. The molecule has 0 bridgehead atoms. The average Bonchev–Trinajstić information content (AvgIpc) is 2.19. The van der Waals surface area contributed by atoms with Crippen molar-refractivity contribution >= 4 is 5.97 Å². The van der Waals surface area contributed by atoms with E-state index in [1.54, 1.807) is 0 Å². The summed E-state index contributed by atoms with van der Waals surface area (Å²) in [6.07, 6.45) is 1.26. The number of ether oxygens (including phenoxy) is 2. The quantitative estimate of drug-likeness (QED) is 0.697. The third-order valence-corrected chi connectivity index (χ3v) is 2.62. The maximum Gasteiger partial charge on any atom is 0.330 e. The van der Waals surface area contributed by atoms with E-state index < -0.39 is 5.97 Å². The van der Waals surface area contributed by atoms with Gasteiger partial charge in [0, 0.05) is 11.0 Å². The van der Waals surface area contributed by atoms with Crippen molar-refractivity contribution in [1.82, 2.24) is 0 Å². The molecule has 1 rings (SSSR count). The summed E-state index contributed by atoms with van der Waals surface area (Å²) in [7, 11) is 0. The first-order chi connectivity index (χ1) is 6.59. The molecule has 0 spiro atoms. The average molecular weight is 200 g/mol. The van der Waals surface area contributed by atoms with Crippen LogP contribution in [0.25, 0.3) is 0 Å². The van der Waals surface area contributed by atoms with E-state index in [2.05, 4.69) is 6.58 Å². The van der Waals surface area contributed by atoms with Gasteiger partial charge in [-0.3, -0.25) is 0 Å². The Hall–Kier alpha value is -0.870. The van der Waals surface area contributed by atoms with E-state index in [9.17, 15) is 4.79 Å². The molecule has 1 heterocycles. The second-order valence-corrected chi connectivity index (χ2v) is 3.75. The highest BCUT2D eigenvalue weighted by atomic mass is 16.7. The molecular weight excluding hydrogens is 184 g/mol. The summed E-state index contributed by atoms with van der Waals surface area (Å²) >= 11 is 0. The van der Waals surface area contributed by atoms with Crippen LogP contribution in [-0.2, 0) is 14.3 Å².